The first kappa shape index (κ1) is 14.2. The van der Waals surface area contributed by atoms with Crippen LogP contribution < -0.4 is 0 Å². The van der Waals surface area contributed by atoms with E-state index >= 15 is 0 Å². The summed E-state index contributed by atoms with van der Waals surface area (Å²) in [5.41, 5.74) is 0. The molecule has 1 fully saturated rings. The smallest absolute Gasteiger partial charge is 0.271 e. The van der Waals surface area contributed by atoms with Gasteiger partial charge >= 0.3 is 18.0 Å². The Hall–Kier alpha value is 0.130. The third-order valence-electron chi connectivity index (χ3n) is 1.94. The number of halogens is 9. The van der Waals surface area contributed by atoms with Crippen LogP contribution in [0.1, 0.15) is 6.42 Å². The average Bonchev–Trinajstić information content (AvgIpc) is 2.06. The fourth-order valence-electron chi connectivity index (χ4n) is 1.12. The van der Waals surface area contributed by atoms with Crippen molar-refractivity contribution in [3.63, 3.8) is 0 Å². The van der Waals surface area contributed by atoms with Gasteiger partial charge in [-0.25, -0.2) is 8.78 Å². The molecule has 0 spiro atoms. The van der Waals surface area contributed by atoms with Crippen LogP contribution in [0, 0.1) is 0 Å². The van der Waals surface area contributed by atoms with E-state index in [9.17, 15) is 35.1 Å². The number of ether oxygens (including phenoxy) is 1. The van der Waals surface area contributed by atoms with Gasteiger partial charge in [0, 0.05) is 0 Å². The quantitative estimate of drug-likeness (QED) is 0.410. The van der Waals surface area contributed by atoms with Gasteiger partial charge in [-0.05, 0) is 22.6 Å². The zero-order chi connectivity index (χ0) is 13.0. The minimum Gasteiger partial charge on any atom is -0.271 e. The summed E-state index contributed by atoms with van der Waals surface area (Å²) < 4.78 is 101. The van der Waals surface area contributed by atoms with E-state index in [0.717, 1.165) is 22.6 Å². The third kappa shape index (κ3) is 1.68. The molecule has 1 nitrogen and oxygen atoms in total. The van der Waals surface area contributed by atoms with Crippen molar-refractivity contribution in [2.45, 2.75) is 34.4 Å². The summed E-state index contributed by atoms with van der Waals surface area (Å²) in [6, 6.07) is 0. The SMILES string of the molecule is FC(I)CC1(F)OC(F)(F)C(F)(F)C1(F)F. The van der Waals surface area contributed by atoms with Crippen LogP contribution in [0.3, 0.4) is 0 Å². The normalized spacial score (nSPS) is 37.3. The molecule has 0 aromatic rings. The first-order chi connectivity index (χ1) is 6.87. The first-order valence-corrected chi connectivity index (χ1v) is 4.92. The zero-order valence-corrected chi connectivity index (χ0v) is 9.25. The molecule has 0 radical (unpaired) electrons. The Balaban J connectivity index is 3.18. The van der Waals surface area contributed by atoms with Gasteiger partial charge in [0.15, 0.2) is 4.18 Å². The highest BCUT2D eigenvalue weighted by Gasteiger charge is 2.89. The Morgan fingerprint density at radius 1 is 0.938 bits per heavy atom. The molecule has 0 N–H and O–H groups in total. The number of alkyl halides is 9. The van der Waals surface area contributed by atoms with Crippen molar-refractivity contribution < 1.29 is 39.9 Å². The van der Waals surface area contributed by atoms with Crippen LogP contribution in [0.5, 0.6) is 0 Å². The van der Waals surface area contributed by atoms with Crippen LogP contribution in [-0.4, -0.2) is 28.0 Å². The van der Waals surface area contributed by atoms with E-state index in [1.165, 1.54) is 0 Å². The Labute approximate surface area is 97.3 Å². The topological polar surface area (TPSA) is 9.23 Å². The molecule has 0 aromatic heterocycles. The molecule has 2 unspecified atom stereocenters. The highest BCUT2D eigenvalue weighted by Crippen LogP contribution is 2.62. The lowest BCUT2D eigenvalue weighted by Crippen LogP contribution is -2.52. The molecule has 1 aliphatic heterocycles. The fourth-order valence-corrected chi connectivity index (χ4v) is 1.68. The summed E-state index contributed by atoms with van der Waals surface area (Å²) in [4.78, 5) is 0. The summed E-state index contributed by atoms with van der Waals surface area (Å²) >= 11 is 0.773. The minimum atomic E-state index is -6.03. The summed E-state index contributed by atoms with van der Waals surface area (Å²) in [5.74, 6) is -16.6. The molecule has 0 bridgehead atoms. The van der Waals surface area contributed by atoms with E-state index in [1.807, 2.05) is 0 Å². The predicted molar refractivity (Wildman–Crippen MR) is 43.3 cm³/mol. The van der Waals surface area contributed by atoms with Gasteiger partial charge in [0.2, 0.25) is 0 Å². The Kier molecular flexibility index (Phi) is 3.16. The molecule has 16 heavy (non-hydrogen) atoms. The molecular formula is C6H3F8IO. The van der Waals surface area contributed by atoms with Gasteiger partial charge < -0.3 is 0 Å². The van der Waals surface area contributed by atoms with Crippen molar-refractivity contribution in [3.8, 4) is 0 Å². The monoisotopic (exact) mass is 370 g/mol. The second-order valence-corrected chi connectivity index (χ2v) is 4.44. The number of rotatable bonds is 2. The third-order valence-corrected chi connectivity index (χ3v) is 2.38. The molecule has 1 saturated heterocycles. The van der Waals surface area contributed by atoms with E-state index in [4.69, 9.17) is 0 Å². The summed E-state index contributed by atoms with van der Waals surface area (Å²) in [6.07, 6.45) is -7.61. The van der Waals surface area contributed by atoms with Crippen molar-refractivity contribution in [2.24, 2.45) is 0 Å². The molecular weight excluding hydrogens is 367 g/mol. The lowest BCUT2D eigenvalue weighted by molar-refractivity contribution is -0.338. The summed E-state index contributed by atoms with van der Waals surface area (Å²) in [6.45, 7) is 0. The van der Waals surface area contributed by atoms with Crippen molar-refractivity contribution in [3.05, 3.63) is 0 Å². The van der Waals surface area contributed by atoms with E-state index in [2.05, 4.69) is 4.74 Å². The number of hydrogen-bond donors (Lipinski definition) is 0. The van der Waals surface area contributed by atoms with Gasteiger partial charge in [-0.2, -0.15) is 26.3 Å². The van der Waals surface area contributed by atoms with Gasteiger partial charge in [-0.3, -0.25) is 4.74 Å². The summed E-state index contributed by atoms with van der Waals surface area (Å²) in [5, 5.41) is 0. The van der Waals surface area contributed by atoms with Crippen molar-refractivity contribution in [1.29, 1.82) is 0 Å². The lowest BCUT2D eigenvalue weighted by Gasteiger charge is -2.26. The maximum atomic E-state index is 13.2. The Morgan fingerprint density at radius 3 is 1.62 bits per heavy atom. The molecule has 0 amide bonds. The molecule has 1 heterocycles. The summed E-state index contributed by atoms with van der Waals surface area (Å²) in [7, 11) is 0. The Bertz CT molecular complexity index is 292. The van der Waals surface area contributed by atoms with Crippen LogP contribution in [0.2, 0.25) is 0 Å². The molecule has 1 rings (SSSR count). The maximum absolute atomic E-state index is 13.2. The van der Waals surface area contributed by atoms with Crippen molar-refractivity contribution in [2.75, 3.05) is 0 Å². The second-order valence-electron chi connectivity index (χ2n) is 3.09. The van der Waals surface area contributed by atoms with Crippen molar-refractivity contribution >= 4 is 22.6 Å². The largest absolute Gasteiger partial charge is 0.428 e. The highest BCUT2D eigenvalue weighted by atomic mass is 127. The molecule has 10 heteroatoms. The van der Waals surface area contributed by atoms with Crippen LogP contribution in [-0.2, 0) is 4.74 Å². The molecule has 0 aliphatic carbocycles. The minimum absolute atomic E-state index is 0.773. The van der Waals surface area contributed by atoms with E-state index < -0.39 is 34.4 Å². The van der Waals surface area contributed by atoms with Crippen LogP contribution in [0.25, 0.3) is 0 Å². The number of hydrogen-bond acceptors (Lipinski definition) is 1. The van der Waals surface area contributed by atoms with Gasteiger partial charge in [-0.1, -0.05) is 0 Å². The van der Waals surface area contributed by atoms with Crippen LogP contribution in [0.15, 0.2) is 0 Å². The molecule has 2 atom stereocenters. The van der Waals surface area contributed by atoms with Gasteiger partial charge in [0.05, 0.1) is 6.42 Å². The first-order valence-electron chi connectivity index (χ1n) is 3.68. The van der Waals surface area contributed by atoms with Gasteiger partial charge in [0.25, 0.3) is 5.85 Å². The second kappa shape index (κ2) is 3.56. The lowest BCUT2D eigenvalue weighted by atomic mass is 10.0. The van der Waals surface area contributed by atoms with E-state index in [-0.39, 0.29) is 0 Å². The average molecular weight is 370 g/mol. The van der Waals surface area contributed by atoms with Gasteiger partial charge in [0.1, 0.15) is 0 Å². The van der Waals surface area contributed by atoms with Crippen LogP contribution in [0.4, 0.5) is 35.1 Å². The van der Waals surface area contributed by atoms with E-state index in [1.54, 1.807) is 0 Å². The fraction of sp³-hybridized carbons (Fsp3) is 1.00. The predicted octanol–water partition coefficient (Wildman–Crippen LogP) is 3.67. The highest BCUT2D eigenvalue weighted by molar-refractivity contribution is 14.1. The van der Waals surface area contributed by atoms with E-state index in [0.29, 0.717) is 0 Å². The molecule has 0 saturated carbocycles. The van der Waals surface area contributed by atoms with Crippen LogP contribution >= 0.6 is 22.6 Å². The molecule has 0 aromatic carbocycles. The Morgan fingerprint density at radius 2 is 1.38 bits per heavy atom. The maximum Gasteiger partial charge on any atom is 0.428 e. The molecule has 96 valence electrons. The zero-order valence-electron chi connectivity index (χ0n) is 7.09. The van der Waals surface area contributed by atoms with Crippen molar-refractivity contribution in [1.82, 2.24) is 0 Å². The molecule has 1 aliphatic rings. The van der Waals surface area contributed by atoms with Gasteiger partial charge in [-0.15, -0.1) is 0 Å². The standard InChI is InChI=1S/C6H3F8IO/c7-2(15)1-3(8)4(9,10)5(11,12)6(13,14)16-3/h2H,1H2.